The Kier molecular flexibility index (Phi) is 12.5. The van der Waals surface area contributed by atoms with Gasteiger partial charge in [0.25, 0.3) is 11.8 Å². The lowest BCUT2D eigenvalue weighted by atomic mass is 9.77. The maximum absolute atomic E-state index is 15.0. The molecule has 1 saturated carbocycles. The van der Waals surface area contributed by atoms with Crippen molar-refractivity contribution in [2.24, 2.45) is 11.7 Å². The highest BCUT2D eigenvalue weighted by molar-refractivity contribution is 8.03. The van der Waals surface area contributed by atoms with Crippen molar-refractivity contribution in [3.8, 4) is 0 Å². The molecule has 56 heavy (non-hydrogen) atoms. The molecule has 2 saturated heterocycles. The van der Waals surface area contributed by atoms with Crippen molar-refractivity contribution >= 4 is 29.5 Å². The molecule has 1 aromatic heterocycles. The zero-order chi connectivity index (χ0) is 40.5. The number of benzene rings is 1. The summed E-state index contributed by atoms with van der Waals surface area (Å²) in [4.78, 5) is 46.2. The van der Waals surface area contributed by atoms with E-state index >= 15 is 4.79 Å². The number of likely N-dealkylation sites (tertiary alicyclic amines) is 2. The van der Waals surface area contributed by atoms with Crippen LogP contribution in [0.1, 0.15) is 91.9 Å². The van der Waals surface area contributed by atoms with Crippen LogP contribution in [0.2, 0.25) is 0 Å². The number of aromatic nitrogens is 1. The Balaban J connectivity index is 1.27. The van der Waals surface area contributed by atoms with Gasteiger partial charge in [-0.1, -0.05) is 37.6 Å². The quantitative estimate of drug-likeness (QED) is 0.229. The fourth-order valence-corrected chi connectivity index (χ4v) is 9.54. The monoisotopic (exact) mass is 812 g/mol. The summed E-state index contributed by atoms with van der Waals surface area (Å²) in [6.45, 7) is 2.25. The molecule has 3 fully saturated rings. The number of pyridine rings is 1. The van der Waals surface area contributed by atoms with E-state index in [4.69, 9.17) is 15.2 Å². The molecule has 4 heterocycles. The normalized spacial score (nSPS) is 27.0. The van der Waals surface area contributed by atoms with E-state index in [1.807, 2.05) is 24.3 Å². The largest absolute Gasteiger partial charge is 0.481 e. The summed E-state index contributed by atoms with van der Waals surface area (Å²) < 4.78 is 96.1. The minimum Gasteiger partial charge on any atom is -0.481 e. The van der Waals surface area contributed by atoms with Crippen molar-refractivity contribution in [3.63, 3.8) is 0 Å². The summed E-state index contributed by atoms with van der Waals surface area (Å²) in [6, 6.07) is 8.21. The number of rotatable bonds is 11. The van der Waals surface area contributed by atoms with Crippen LogP contribution in [0.5, 0.6) is 0 Å². The first-order valence-corrected chi connectivity index (χ1v) is 19.9. The third-order valence-electron chi connectivity index (χ3n) is 11.4. The number of aliphatic carboxylic acids is 1. The molecule has 5 atom stereocenters. The van der Waals surface area contributed by atoms with Crippen LogP contribution in [0.4, 0.5) is 26.3 Å². The lowest BCUT2D eigenvalue weighted by Crippen LogP contribution is -2.68. The molecule has 306 valence electrons. The highest BCUT2D eigenvalue weighted by atomic mass is 32.2. The number of nitrogens with two attached hydrogens (primary N) is 1. The lowest BCUT2D eigenvalue weighted by molar-refractivity contribution is -0.182. The summed E-state index contributed by atoms with van der Waals surface area (Å²) >= 11 is 0.545. The number of amides is 2. The van der Waals surface area contributed by atoms with E-state index in [9.17, 15) is 41.0 Å². The van der Waals surface area contributed by atoms with Gasteiger partial charge in [0.05, 0.1) is 41.2 Å². The SMILES string of the molecule is CCC[C@H]1N(C(=O)c2ncccc2C(F)(F)F)CCC[C@@]1(OC1C=C(C(F)(F)F)SC1)C(=O)N1CCC(N)(c2ccccc2CO[C@H]2CCC(C(=O)O)C2)CC1. The third-order valence-corrected chi connectivity index (χ3v) is 12.6. The Morgan fingerprint density at radius 2 is 1.73 bits per heavy atom. The van der Waals surface area contributed by atoms with Crippen molar-refractivity contribution in [3.05, 3.63) is 76.0 Å². The summed E-state index contributed by atoms with van der Waals surface area (Å²) in [6.07, 6.45) is -6.05. The smallest absolute Gasteiger partial charge is 0.422 e. The minimum atomic E-state index is -4.90. The van der Waals surface area contributed by atoms with Crippen LogP contribution >= 0.6 is 11.8 Å². The number of hydrogen-bond acceptors (Lipinski definition) is 8. The molecule has 1 aromatic carbocycles. The second-order valence-electron chi connectivity index (χ2n) is 15.1. The highest BCUT2D eigenvalue weighted by Crippen LogP contribution is 2.45. The van der Waals surface area contributed by atoms with Gasteiger partial charge in [0.15, 0.2) is 5.60 Å². The first kappa shape index (κ1) is 41.9. The van der Waals surface area contributed by atoms with E-state index in [1.165, 1.54) is 4.90 Å². The standard InChI is InChI=1S/C39H46F6N4O6S/c1-2-7-30-37(55-27-21-31(56-23-27)39(43,44)45,13-6-17-49(30)33(50)32-29(38(40,41)42)10-5-16-47-32)35(53)48-18-14-36(46,15-19-48)28-9-4-3-8-25(28)22-54-26-12-11-24(20-26)34(51)52/h3-5,8-10,16,21,24,26-27,30H,2,6-7,11-15,17-20,22-23,46H2,1H3,(H,51,52)/t24?,26-,27?,30+,37-/m0/s1. The number of piperidine rings is 2. The second-order valence-corrected chi connectivity index (χ2v) is 16.1. The van der Waals surface area contributed by atoms with Gasteiger partial charge in [0.2, 0.25) is 0 Å². The predicted octanol–water partition coefficient (Wildman–Crippen LogP) is 7.07. The maximum atomic E-state index is 15.0. The predicted molar refractivity (Wildman–Crippen MR) is 194 cm³/mol. The molecule has 3 N–H and O–H groups in total. The summed E-state index contributed by atoms with van der Waals surface area (Å²) in [5.74, 6) is -3.03. The number of thioether (sulfide) groups is 1. The molecule has 10 nitrogen and oxygen atoms in total. The van der Waals surface area contributed by atoms with Gasteiger partial charge >= 0.3 is 18.3 Å². The molecule has 2 unspecified atom stereocenters. The van der Waals surface area contributed by atoms with Crippen LogP contribution in [-0.4, -0.2) is 93.1 Å². The zero-order valence-corrected chi connectivity index (χ0v) is 31.7. The fraction of sp³-hybridized carbons (Fsp3) is 0.590. The molecule has 6 rings (SSSR count). The van der Waals surface area contributed by atoms with Gasteiger partial charge in [-0.05, 0) is 80.7 Å². The average Bonchev–Trinajstić information content (AvgIpc) is 3.85. The average molecular weight is 813 g/mol. The van der Waals surface area contributed by atoms with Crippen LogP contribution in [-0.2, 0) is 37.4 Å². The Morgan fingerprint density at radius 1 is 1.00 bits per heavy atom. The molecule has 4 aliphatic rings. The molecule has 1 aliphatic carbocycles. The third kappa shape index (κ3) is 8.75. The van der Waals surface area contributed by atoms with Crippen LogP contribution in [0, 0.1) is 5.92 Å². The Hall–Kier alpha value is -3.67. The molecule has 2 amide bonds. The molecule has 0 radical (unpaired) electrons. The van der Waals surface area contributed by atoms with E-state index in [0.717, 1.165) is 35.5 Å². The first-order valence-electron chi connectivity index (χ1n) is 18.9. The van der Waals surface area contributed by atoms with Crippen LogP contribution < -0.4 is 5.73 Å². The van der Waals surface area contributed by atoms with Crippen LogP contribution in [0.25, 0.3) is 0 Å². The van der Waals surface area contributed by atoms with Gasteiger partial charge in [-0.2, -0.15) is 26.3 Å². The first-order chi connectivity index (χ1) is 26.5. The van der Waals surface area contributed by atoms with Crippen molar-refractivity contribution in [1.82, 2.24) is 14.8 Å². The van der Waals surface area contributed by atoms with Gasteiger partial charge in [0, 0.05) is 37.1 Å². The number of halogens is 6. The second kappa shape index (κ2) is 16.7. The van der Waals surface area contributed by atoms with Gasteiger partial charge in [0.1, 0.15) is 5.69 Å². The molecule has 3 aliphatic heterocycles. The Labute approximate surface area is 325 Å². The van der Waals surface area contributed by atoms with Crippen LogP contribution in [0.15, 0.2) is 53.6 Å². The van der Waals surface area contributed by atoms with E-state index in [2.05, 4.69) is 4.98 Å². The van der Waals surface area contributed by atoms with Gasteiger partial charge in [-0.15, -0.1) is 11.8 Å². The topological polar surface area (TPSA) is 135 Å². The molecular weight excluding hydrogens is 767 g/mol. The lowest BCUT2D eigenvalue weighted by Gasteiger charge is -2.52. The summed E-state index contributed by atoms with van der Waals surface area (Å²) in [7, 11) is 0. The number of ether oxygens (including phenoxy) is 2. The van der Waals surface area contributed by atoms with Gasteiger partial charge < -0.3 is 30.1 Å². The Bertz CT molecular complexity index is 1800. The Morgan fingerprint density at radius 3 is 2.38 bits per heavy atom. The van der Waals surface area contributed by atoms with E-state index in [1.54, 1.807) is 11.8 Å². The van der Waals surface area contributed by atoms with Crippen molar-refractivity contribution in [2.75, 3.05) is 25.4 Å². The summed E-state index contributed by atoms with van der Waals surface area (Å²) in [5.41, 5.74) is 3.86. The minimum absolute atomic E-state index is 0.0125. The number of carbonyl (C=O) groups excluding carboxylic acids is 2. The number of carboxylic acid groups (broad SMARTS) is 1. The molecule has 17 heteroatoms. The number of alkyl halides is 6. The number of hydrogen-bond donors (Lipinski definition) is 2. The molecule has 2 aromatic rings. The zero-order valence-electron chi connectivity index (χ0n) is 30.9. The van der Waals surface area contributed by atoms with Crippen molar-refractivity contribution in [1.29, 1.82) is 0 Å². The highest BCUT2D eigenvalue weighted by Gasteiger charge is 2.57. The van der Waals surface area contributed by atoms with Gasteiger partial charge in [-0.25, -0.2) is 0 Å². The summed E-state index contributed by atoms with van der Waals surface area (Å²) in [5, 5.41) is 9.39. The number of carbonyl (C=O) groups is 3. The molecule has 0 bridgehead atoms. The molecular formula is C39H46F6N4O6S. The number of allylic oxidation sites excluding steroid dienone is 1. The van der Waals surface area contributed by atoms with Crippen molar-refractivity contribution in [2.45, 2.75) is 113 Å². The number of carboxylic acids is 1. The van der Waals surface area contributed by atoms with E-state index in [0.29, 0.717) is 37.4 Å². The molecule has 0 spiro atoms. The van der Waals surface area contributed by atoms with E-state index in [-0.39, 0.29) is 70.2 Å². The van der Waals surface area contributed by atoms with Crippen molar-refractivity contribution < 1.29 is 55.3 Å². The number of nitrogens with zero attached hydrogens (tertiary/aromatic N) is 3. The van der Waals surface area contributed by atoms with Gasteiger partial charge in [-0.3, -0.25) is 19.4 Å². The van der Waals surface area contributed by atoms with E-state index < -0.39 is 75.5 Å². The fourth-order valence-electron chi connectivity index (χ4n) is 8.62. The van der Waals surface area contributed by atoms with Crippen LogP contribution in [0.3, 0.4) is 0 Å². The maximum Gasteiger partial charge on any atom is 0.422 e.